The van der Waals surface area contributed by atoms with Crippen LogP contribution in [0.1, 0.15) is 17.3 Å². The van der Waals surface area contributed by atoms with E-state index < -0.39 is 7.60 Å². The number of amides is 1. The van der Waals surface area contributed by atoms with Crippen LogP contribution in [0.4, 0.5) is 11.5 Å². The maximum atomic E-state index is 12.4. The molecule has 4 rings (SSSR count). The average Bonchev–Trinajstić information content (AvgIpc) is 3.34. The summed E-state index contributed by atoms with van der Waals surface area (Å²) in [6, 6.07) is 2.99. The number of fused-ring (bicyclic) bond motifs is 1. The molecule has 4 aromatic rings. The Kier molecular flexibility index (Phi) is 5.75. The highest BCUT2D eigenvalue weighted by Crippen LogP contribution is 2.40. The van der Waals surface area contributed by atoms with Gasteiger partial charge in [-0.1, -0.05) is 21.6 Å². The molecular weight excluding hydrogens is 473 g/mol. The van der Waals surface area contributed by atoms with E-state index in [1.165, 1.54) is 30.7 Å². The summed E-state index contributed by atoms with van der Waals surface area (Å²) in [6.45, 7) is 3.25. The van der Waals surface area contributed by atoms with E-state index >= 15 is 0 Å². The first-order valence-electron chi connectivity index (χ1n) is 9.56. The molecule has 0 aliphatic carbocycles. The molecule has 1 atom stereocenters. The number of benzene rings is 1. The Morgan fingerprint density at radius 2 is 2.09 bits per heavy atom. The maximum absolute atomic E-state index is 12.4. The topological polar surface area (TPSA) is 184 Å². The molecule has 3 aromatic heterocycles. The summed E-state index contributed by atoms with van der Waals surface area (Å²) in [7, 11) is -3.81. The lowest BCUT2D eigenvalue weighted by Gasteiger charge is -2.12. The highest BCUT2D eigenvalue weighted by Gasteiger charge is 2.23. The summed E-state index contributed by atoms with van der Waals surface area (Å²) in [5, 5.41) is 11.1. The Balaban J connectivity index is 1.86. The van der Waals surface area contributed by atoms with Gasteiger partial charge in [-0.15, -0.1) is 5.10 Å². The van der Waals surface area contributed by atoms with Gasteiger partial charge in [-0.3, -0.25) is 9.78 Å². The maximum Gasteiger partial charge on any atom is 0.394 e. The Labute approximate surface area is 191 Å². The van der Waals surface area contributed by atoms with Crippen LogP contribution >= 0.6 is 19.2 Å². The molecule has 1 unspecified atom stereocenters. The summed E-state index contributed by atoms with van der Waals surface area (Å²) in [5.41, 5.74) is 14.4. The second kappa shape index (κ2) is 8.39. The lowest BCUT2D eigenvalue weighted by atomic mass is 10.0. The molecule has 0 aliphatic rings. The third-order valence-corrected chi connectivity index (χ3v) is 5.39. The van der Waals surface area contributed by atoms with Gasteiger partial charge in [0.25, 0.3) is 5.91 Å². The van der Waals surface area contributed by atoms with Gasteiger partial charge >= 0.3 is 7.60 Å². The number of hydrogen-bond donors (Lipinski definition) is 4. The predicted octanol–water partition coefficient (Wildman–Crippen LogP) is 2.56. The van der Waals surface area contributed by atoms with E-state index in [1.807, 2.05) is 0 Å². The number of nitrogen functional groups attached to an aromatic ring is 2. The molecule has 1 amide bonds. The van der Waals surface area contributed by atoms with Gasteiger partial charge in [0.15, 0.2) is 11.4 Å². The summed E-state index contributed by atoms with van der Waals surface area (Å²) < 4.78 is 21.8. The number of pyridine rings is 1. The molecule has 6 N–H and O–H groups in total. The number of halogens is 1. The summed E-state index contributed by atoms with van der Waals surface area (Å²) in [5.74, 6) is -0.303. The highest BCUT2D eigenvalue weighted by molar-refractivity contribution is 7.52. The number of nitrogens with one attached hydrogen (secondary N) is 1. The Bertz CT molecular complexity index is 1430. The normalized spacial score (nSPS) is 13.1. The van der Waals surface area contributed by atoms with E-state index in [9.17, 15) is 14.3 Å². The SMILES string of the molecule is CCNC(=O)c1cc(-c2ncc(-c3cnn(OP(C)(=O)O)c3)c3onc(N)c23)c(Cl)cc1N. The van der Waals surface area contributed by atoms with E-state index in [0.29, 0.717) is 34.3 Å². The summed E-state index contributed by atoms with van der Waals surface area (Å²) >= 11 is 6.44. The molecule has 33 heavy (non-hydrogen) atoms. The fourth-order valence-electron chi connectivity index (χ4n) is 3.24. The number of nitrogens with two attached hydrogens (primary N) is 2. The largest absolute Gasteiger partial charge is 0.398 e. The van der Waals surface area contributed by atoms with Crippen molar-refractivity contribution >= 4 is 47.6 Å². The number of rotatable bonds is 6. The monoisotopic (exact) mass is 491 g/mol. The van der Waals surface area contributed by atoms with Gasteiger partial charge in [0, 0.05) is 35.1 Å². The molecule has 0 spiro atoms. The minimum Gasteiger partial charge on any atom is -0.398 e. The number of hydrogen-bond acceptors (Lipinski definition) is 9. The van der Waals surface area contributed by atoms with Crippen molar-refractivity contribution in [3.8, 4) is 22.4 Å². The first kappa shape index (κ1) is 22.6. The molecule has 0 radical (unpaired) electrons. The van der Waals surface area contributed by atoms with Gasteiger partial charge in [-0.25, -0.2) is 4.57 Å². The standard InChI is InChI=1S/C19H19ClN7O5P/c1-3-23-19(28)11-4-10(13(20)5-14(11)21)16-15-17(31-26-18(15)22)12(7-24-16)9-6-25-27(8-9)32-33(2,29)30/h4-8H,3,21H2,1-2H3,(H2,22,26)(H,23,28)(H,29,30). The number of anilines is 2. The van der Waals surface area contributed by atoms with Gasteiger partial charge < -0.3 is 30.8 Å². The lowest BCUT2D eigenvalue weighted by molar-refractivity contribution is 0.0956. The minimum absolute atomic E-state index is 0.0545. The molecule has 0 saturated heterocycles. The Morgan fingerprint density at radius 1 is 1.33 bits per heavy atom. The molecule has 0 aliphatic heterocycles. The molecule has 14 heteroatoms. The van der Waals surface area contributed by atoms with Crippen molar-refractivity contribution < 1.29 is 23.4 Å². The van der Waals surface area contributed by atoms with Gasteiger partial charge in [-0.2, -0.15) is 0 Å². The van der Waals surface area contributed by atoms with Crippen molar-refractivity contribution in [1.82, 2.24) is 25.4 Å². The van der Waals surface area contributed by atoms with E-state index in [-0.39, 0.29) is 33.6 Å². The molecule has 0 bridgehead atoms. The smallest absolute Gasteiger partial charge is 0.394 e. The third kappa shape index (κ3) is 4.36. The molecule has 0 saturated carbocycles. The van der Waals surface area contributed by atoms with Gasteiger partial charge in [-0.05, 0) is 19.1 Å². The minimum atomic E-state index is -3.81. The quantitative estimate of drug-likeness (QED) is 0.231. The second-order valence-electron chi connectivity index (χ2n) is 7.09. The van der Waals surface area contributed by atoms with Crippen molar-refractivity contribution in [3.63, 3.8) is 0 Å². The lowest BCUT2D eigenvalue weighted by Crippen LogP contribution is -2.23. The highest BCUT2D eigenvalue weighted by atomic mass is 35.5. The first-order valence-corrected chi connectivity index (χ1v) is 12.0. The molecular formula is C19H19ClN7O5P. The molecule has 0 fully saturated rings. The number of carbonyl (C=O) groups excluding carboxylic acids is 1. The number of aromatic nitrogens is 4. The Hall–Kier alpha value is -3.60. The van der Waals surface area contributed by atoms with E-state index in [1.54, 1.807) is 6.92 Å². The first-order chi connectivity index (χ1) is 15.6. The molecule has 12 nitrogen and oxygen atoms in total. The van der Waals surface area contributed by atoms with Crippen LogP contribution in [-0.2, 0) is 4.57 Å². The zero-order chi connectivity index (χ0) is 23.9. The fourth-order valence-corrected chi connectivity index (χ4v) is 3.90. The van der Waals surface area contributed by atoms with Crippen molar-refractivity contribution in [2.45, 2.75) is 6.92 Å². The number of nitrogens with zero attached hydrogens (tertiary/aromatic N) is 4. The van der Waals surface area contributed by atoms with Crippen LogP contribution in [0, 0.1) is 0 Å². The Morgan fingerprint density at radius 3 is 2.79 bits per heavy atom. The van der Waals surface area contributed by atoms with Crippen molar-refractivity contribution in [2.75, 3.05) is 24.7 Å². The second-order valence-corrected chi connectivity index (χ2v) is 9.26. The van der Waals surface area contributed by atoms with Crippen LogP contribution in [0.5, 0.6) is 0 Å². The fraction of sp³-hybridized carbons (Fsp3) is 0.158. The molecule has 1 aromatic carbocycles. The predicted molar refractivity (Wildman–Crippen MR) is 123 cm³/mol. The van der Waals surface area contributed by atoms with Gasteiger partial charge in [0.2, 0.25) is 0 Å². The van der Waals surface area contributed by atoms with E-state index in [0.717, 1.165) is 11.5 Å². The zero-order valence-electron chi connectivity index (χ0n) is 17.4. The molecule has 172 valence electrons. The summed E-state index contributed by atoms with van der Waals surface area (Å²) in [4.78, 5) is 27.2. The van der Waals surface area contributed by atoms with Crippen LogP contribution in [0.3, 0.4) is 0 Å². The van der Waals surface area contributed by atoms with Gasteiger partial charge in [0.05, 0.1) is 40.7 Å². The van der Waals surface area contributed by atoms with Crippen LogP contribution in [0.15, 0.2) is 35.2 Å². The molecule has 3 heterocycles. The van der Waals surface area contributed by atoms with Gasteiger partial charge in [0.1, 0.15) is 0 Å². The zero-order valence-corrected chi connectivity index (χ0v) is 19.1. The van der Waals surface area contributed by atoms with Crippen molar-refractivity contribution in [1.29, 1.82) is 0 Å². The van der Waals surface area contributed by atoms with Crippen LogP contribution < -0.4 is 21.4 Å². The average molecular weight is 492 g/mol. The summed E-state index contributed by atoms with van der Waals surface area (Å²) in [6.07, 6.45) is 4.26. The number of carbonyl (C=O) groups is 1. The van der Waals surface area contributed by atoms with Crippen LogP contribution in [0.25, 0.3) is 33.4 Å². The van der Waals surface area contributed by atoms with E-state index in [4.69, 9.17) is 32.2 Å². The van der Waals surface area contributed by atoms with Crippen molar-refractivity contribution in [2.24, 2.45) is 0 Å². The van der Waals surface area contributed by atoms with Crippen LogP contribution in [0.2, 0.25) is 5.02 Å². The third-order valence-electron chi connectivity index (χ3n) is 4.61. The van der Waals surface area contributed by atoms with Crippen LogP contribution in [-0.4, -0.2) is 44.1 Å². The van der Waals surface area contributed by atoms with E-state index in [2.05, 4.69) is 20.6 Å². The van der Waals surface area contributed by atoms with Crippen molar-refractivity contribution in [3.05, 3.63) is 41.3 Å².